The minimum Gasteiger partial charge on any atom is -0.468 e. The average Bonchev–Trinajstić information content (AvgIpc) is 2.03. The van der Waals surface area contributed by atoms with E-state index in [4.69, 9.17) is 0 Å². The van der Waals surface area contributed by atoms with E-state index in [9.17, 15) is 4.79 Å². The smallest absolute Gasteiger partial charge is 0.327 e. The zero-order chi connectivity index (χ0) is 9.56. The molecule has 12 heavy (non-hydrogen) atoms. The van der Waals surface area contributed by atoms with E-state index < -0.39 is 0 Å². The Bertz CT molecular complexity index is 168. The molecule has 0 amide bonds. The van der Waals surface area contributed by atoms with Gasteiger partial charge in [-0.25, -0.2) is 0 Å². The Morgan fingerprint density at radius 2 is 2.17 bits per heavy atom. The van der Waals surface area contributed by atoms with Gasteiger partial charge in [-0.05, 0) is 13.8 Å². The van der Waals surface area contributed by atoms with Crippen LogP contribution in [-0.4, -0.2) is 37.7 Å². The molecule has 0 aliphatic carbocycles. The number of ether oxygens (including phenoxy) is 1. The molecule has 0 bridgehead atoms. The summed E-state index contributed by atoms with van der Waals surface area (Å²) in [6.45, 7) is 4.00. The fraction of sp³-hybridized carbons (Fsp3) is 0.857. The van der Waals surface area contributed by atoms with E-state index in [0.717, 1.165) is 0 Å². The van der Waals surface area contributed by atoms with Crippen LogP contribution in [0.1, 0.15) is 13.8 Å². The predicted molar refractivity (Wildman–Crippen MR) is 44.6 cm³/mol. The highest BCUT2D eigenvalue weighted by molar-refractivity contribution is 5.71. The summed E-state index contributed by atoms with van der Waals surface area (Å²) in [5.74, 6) is -0.309. The fourth-order valence-electron chi connectivity index (χ4n) is 0.629. The second-order valence-corrected chi connectivity index (χ2v) is 2.56. The van der Waals surface area contributed by atoms with E-state index in [1.165, 1.54) is 7.11 Å². The molecule has 0 saturated carbocycles. The lowest BCUT2D eigenvalue weighted by molar-refractivity contribution is -0.142. The molecule has 0 rings (SSSR count). The number of nitrogens with zero attached hydrogens (tertiary/aromatic N) is 3. The van der Waals surface area contributed by atoms with Crippen molar-refractivity contribution in [2.45, 2.75) is 19.9 Å². The zero-order valence-electron chi connectivity index (χ0n) is 7.94. The van der Waals surface area contributed by atoms with Crippen LogP contribution in [0, 0.1) is 0 Å². The van der Waals surface area contributed by atoms with Gasteiger partial charge in [-0.2, -0.15) is 5.11 Å². The number of hydrogen-bond donors (Lipinski definition) is 0. The molecule has 0 aromatic carbocycles. The minimum atomic E-state index is -0.309. The normalized spacial score (nSPS) is 10.8. The molecule has 0 spiro atoms. The maximum atomic E-state index is 10.8. The van der Waals surface area contributed by atoms with Crippen molar-refractivity contribution in [3.63, 3.8) is 0 Å². The number of hydrogen-bond acceptors (Lipinski definition) is 4. The lowest BCUT2D eigenvalue weighted by Crippen LogP contribution is -2.31. The lowest BCUT2D eigenvalue weighted by Gasteiger charge is -2.19. The molecule has 0 aliphatic heterocycles. The van der Waals surface area contributed by atoms with Crippen molar-refractivity contribution >= 4 is 5.97 Å². The van der Waals surface area contributed by atoms with E-state index >= 15 is 0 Å². The van der Waals surface area contributed by atoms with Crippen LogP contribution in [-0.2, 0) is 9.53 Å². The SMILES string of the molecule is C/N=N\N(CC(=O)OC)C(C)C. The molecule has 5 heteroatoms. The molecule has 0 radical (unpaired) electrons. The van der Waals surface area contributed by atoms with E-state index in [-0.39, 0.29) is 18.6 Å². The van der Waals surface area contributed by atoms with Crippen LogP contribution in [0.2, 0.25) is 0 Å². The molecule has 5 nitrogen and oxygen atoms in total. The van der Waals surface area contributed by atoms with Gasteiger partial charge in [0.2, 0.25) is 0 Å². The summed E-state index contributed by atoms with van der Waals surface area (Å²) in [6.07, 6.45) is 0. The van der Waals surface area contributed by atoms with Gasteiger partial charge in [-0.1, -0.05) is 5.22 Å². The van der Waals surface area contributed by atoms with Crippen molar-refractivity contribution in [1.29, 1.82) is 0 Å². The van der Waals surface area contributed by atoms with Crippen LogP contribution in [0.15, 0.2) is 10.3 Å². The quantitative estimate of drug-likeness (QED) is 0.360. The third-order valence-corrected chi connectivity index (χ3v) is 1.32. The highest BCUT2D eigenvalue weighted by Crippen LogP contribution is 1.99. The number of carbonyl (C=O) groups is 1. The third kappa shape index (κ3) is 3.90. The minimum absolute atomic E-state index is 0.144. The second kappa shape index (κ2) is 5.51. The van der Waals surface area contributed by atoms with Gasteiger partial charge in [0.05, 0.1) is 14.2 Å². The molecule has 0 unspecified atom stereocenters. The van der Waals surface area contributed by atoms with Gasteiger partial charge >= 0.3 is 5.97 Å². The van der Waals surface area contributed by atoms with E-state index in [1.807, 2.05) is 13.8 Å². The van der Waals surface area contributed by atoms with Gasteiger partial charge < -0.3 is 4.74 Å². The zero-order valence-corrected chi connectivity index (χ0v) is 7.94. The lowest BCUT2D eigenvalue weighted by atomic mass is 10.4. The van der Waals surface area contributed by atoms with Crippen LogP contribution in [0.3, 0.4) is 0 Å². The first-order valence-corrected chi connectivity index (χ1v) is 3.75. The number of carbonyl (C=O) groups excluding carboxylic acids is 1. The van der Waals surface area contributed by atoms with Crippen molar-refractivity contribution in [2.75, 3.05) is 20.7 Å². The molecular formula is C7H15N3O2. The Balaban J connectivity index is 4.04. The molecule has 70 valence electrons. The summed E-state index contributed by atoms with van der Waals surface area (Å²) in [5, 5.41) is 8.92. The first-order valence-electron chi connectivity index (χ1n) is 3.75. The Kier molecular flexibility index (Phi) is 4.99. The summed E-state index contributed by atoms with van der Waals surface area (Å²) >= 11 is 0. The summed E-state index contributed by atoms with van der Waals surface area (Å²) in [7, 11) is 2.91. The van der Waals surface area contributed by atoms with Crippen LogP contribution in [0.25, 0.3) is 0 Å². The first-order chi connectivity index (χ1) is 5.61. The first kappa shape index (κ1) is 10.9. The van der Waals surface area contributed by atoms with Crippen LogP contribution in [0.4, 0.5) is 0 Å². The van der Waals surface area contributed by atoms with Crippen LogP contribution in [0.5, 0.6) is 0 Å². The molecule has 0 fully saturated rings. The molecular weight excluding hydrogens is 158 g/mol. The third-order valence-electron chi connectivity index (χ3n) is 1.32. The molecule has 0 aliphatic rings. The maximum Gasteiger partial charge on any atom is 0.327 e. The standard InChI is InChI=1S/C7H15N3O2/c1-6(2)10(9-8-3)5-7(11)12-4/h6H,5H2,1-4H3/b9-8-. The second-order valence-electron chi connectivity index (χ2n) is 2.56. The Labute approximate surface area is 72.4 Å². The fourth-order valence-corrected chi connectivity index (χ4v) is 0.629. The van der Waals surface area contributed by atoms with Crippen molar-refractivity contribution < 1.29 is 9.53 Å². The highest BCUT2D eigenvalue weighted by atomic mass is 16.5. The summed E-state index contributed by atoms with van der Waals surface area (Å²) in [4.78, 5) is 10.8. The van der Waals surface area contributed by atoms with Gasteiger partial charge in [-0.3, -0.25) is 9.80 Å². The van der Waals surface area contributed by atoms with Gasteiger partial charge in [0.15, 0.2) is 0 Å². The molecule has 0 N–H and O–H groups in total. The van der Waals surface area contributed by atoms with Crippen molar-refractivity contribution in [2.24, 2.45) is 10.3 Å². The molecule has 0 atom stereocenters. The van der Waals surface area contributed by atoms with Crippen molar-refractivity contribution in [1.82, 2.24) is 5.01 Å². The van der Waals surface area contributed by atoms with E-state index in [1.54, 1.807) is 12.1 Å². The molecule has 0 aromatic rings. The number of esters is 1. The summed E-state index contributed by atoms with van der Waals surface area (Å²) < 4.78 is 4.49. The number of rotatable bonds is 4. The number of methoxy groups -OCH3 is 1. The summed E-state index contributed by atoms with van der Waals surface area (Å²) in [6, 6.07) is 0.146. The monoisotopic (exact) mass is 173 g/mol. The Hall–Kier alpha value is -1.13. The van der Waals surface area contributed by atoms with Gasteiger partial charge in [0.25, 0.3) is 0 Å². The van der Waals surface area contributed by atoms with Gasteiger partial charge in [-0.15, -0.1) is 0 Å². The van der Waals surface area contributed by atoms with Crippen LogP contribution < -0.4 is 0 Å². The largest absolute Gasteiger partial charge is 0.468 e. The van der Waals surface area contributed by atoms with E-state index in [2.05, 4.69) is 15.1 Å². The molecule has 0 saturated heterocycles. The predicted octanol–water partition coefficient (Wildman–Crippen LogP) is 0.867. The maximum absolute atomic E-state index is 10.8. The van der Waals surface area contributed by atoms with Gasteiger partial charge in [0, 0.05) is 6.04 Å². The Morgan fingerprint density at radius 1 is 1.58 bits per heavy atom. The molecule has 0 heterocycles. The highest BCUT2D eigenvalue weighted by Gasteiger charge is 2.11. The Morgan fingerprint density at radius 3 is 2.50 bits per heavy atom. The summed E-state index contributed by atoms with van der Waals surface area (Å²) in [5.41, 5.74) is 0. The van der Waals surface area contributed by atoms with Crippen LogP contribution >= 0.6 is 0 Å². The van der Waals surface area contributed by atoms with Crippen molar-refractivity contribution in [3.8, 4) is 0 Å². The average molecular weight is 173 g/mol. The van der Waals surface area contributed by atoms with E-state index in [0.29, 0.717) is 0 Å². The van der Waals surface area contributed by atoms with Crippen molar-refractivity contribution in [3.05, 3.63) is 0 Å². The van der Waals surface area contributed by atoms with Gasteiger partial charge in [0.1, 0.15) is 6.54 Å². The molecule has 0 aromatic heterocycles. The topological polar surface area (TPSA) is 54.3 Å².